The Hall–Kier alpha value is -2.08. The molecule has 1 heterocycles. The van der Waals surface area contributed by atoms with Gasteiger partial charge in [-0.05, 0) is 38.3 Å². The van der Waals surface area contributed by atoms with Gasteiger partial charge in [-0.3, -0.25) is 15.1 Å². The lowest BCUT2D eigenvalue weighted by molar-refractivity contribution is -0.487. The first kappa shape index (κ1) is 16.8. The van der Waals surface area contributed by atoms with Crippen LogP contribution >= 0.6 is 11.6 Å². The van der Waals surface area contributed by atoms with E-state index in [4.69, 9.17) is 21.1 Å². The van der Waals surface area contributed by atoms with Crippen molar-refractivity contribution in [3.63, 3.8) is 0 Å². The van der Waals surface area contributed by atoms with E-state index in [0.717, 1.165) is 22.2 Å². The molecule has 24 heavy (non-hydrogen) atoms. The van der Waals surface area contributed by atoms with Gasteiger partial charge in [-0.1, -0.05) is 11.6 Å². The Morgan fingerprint density at radius 3 is 2.54 bits per heavy atom. The second-order valence-corrected chi connectivity index (χ2v) is 6.20. The summed E-state index contributed by atoms with van der Waals surface area (Å²) in [7, 11) is 0. The van der Waals surface area contributed by atoms with E-state index < -0.39 is 0 Å². The highest BCUT2D eigenvalue weighted by atomic mass is 35.5. The van der Waals surface area contributed by atoms with E-state index in [1.54, 1.807) is 0 Å². The normalized spacial score (nSPS) is 16.2. The lowest BCUT2D eigenvalue weighted by Gasteiger charge is -2.14. The highest BCUT2D eigenvalue weighted by Crippen LogP contribution is 2.40. The summed E-state index contributed by atoms with van der Waals surface area (Å²) in [6.45, 7) is 4.80. The van der Waals surface area contributed by atoms with E-state index in [1.807, 2.05) is 26.0 Å². The molecule has 1 aliphatic rings. The highest BCUT2D eigenvalue weighted by Gasteiger charge is 2.30. The third-order valence-corrected chi connectivity index (χ3v) is 4.58. The number of hydrogen-bond donors (Lipinski definition) is 0. The molecule has 1 atom stereocenters. The molecule has 2 aromatic rings. The van der Waals surface area contributed by atoms with Crippen LogP contribution in [0.1, 0.15) is 25.1 Å². The number of halogens is 1. The predicted molar refractivity (Wildman–Crippen MR) is 91.9 cm³/mol. The summed E-state index contributed by atoms with van der Waals surface area (Å²) < 4.78 is 11.3. The van der Waals surface area contributed by atoms with Gasteiger partial charge < -0.3 is 9.47 Å². The van der Waals surface area contributed by atoms with Crippen molar-refractivity contribution in [2.75, 3.05) is 19.8 Å². The molecular formula is C17H19ClN2O4. The molecule has 0 saturated heterocycles. The van der Waals surface area contributed by atoms with Crippen molar-refractivity contribution in [2.45, 2.75) is 26.7 Å². The molecule has 1 aromatic carbocycles. The first-order chi connectivity index (χ1) is 11.5. The summed E-state index contributed by atoms with van der Waals surface area (Å²) in [6, 6.07) is 3.68. The van der Waals surface area contributed by atoms with Gasteiger partial charge in [0.15, 0.2) is 11.5 Å². The van der Waals surface area contributed by atoms with Gasteiger partial charge in [0.05, 0.1) is 23.8 Å². The fourth-order valence-corrected chi connectivity index (χ4v) is 3.54. The van der Waals surface area contributed by atoms with E-state index in [-0.39, 0.29) is 17.4 Å². The third kappa shape index (κ3) is 3.11. The smallest absolute Gasteiger partial charge is 0.207 e. The number of fused-ring (bicyclic) bond motifs is 2. The number of nitro groups is 1. The summed E-state index contributed by atoms with van der Waals surface area (Å²) in [5.41, 5.74) is 2.50. The van der Waals surface area contributed by atoms with Gasteiger partial charge in [0.2, 0.25) is 6.54 Å². The second kappa shape index (κ2) is 6.81. The largest absolute Gasteiger partial charge is 0.490 e. The van der Waals surface area contributed by atoms with Crippen molar-refractivity contribution in [2.24, 2.45) is 5.92 Å². The summed E-state index contributed by atoms with van der Waals surface area (Å²) in [5, 5.41) is 12.2. The van der Waals surface area contributed by atoms with E-state index in [9.17, 15) is 10.1 Å². The van der Waals surface area contributed by atoms with Crippen molar-refractivity contribution >= 4 is 22.5 Å². The predicted octanol–water partition coefficient (Wildman–Crippen LogP) is 3.68. The number of hydrogen-bond acceptors (Lipinski definition) is 5. The molecule has 0 saturated carbocycles. The summed E-state index contributed by atoms with van der Waals surface area (Å²) in [4.78, 5) is 15.2. The number of nitrogens with zero attached hydrogens (tertiary/aromatic N) is 2. The molecule has 128 valence electrons. The molecule has 0 aliphatic heterocycles. The molecule has 0 N–H and O–H groups in total. The minimum atomic E-state index is -0.273. The molecule has 1 aliphatic carbocycles. The van der Waals surface area contributed by atoms with Gasteiger partial charge in [-0.2, -0.15) is 0 Å². The van der Waals surface area contributed by atoms with Crippen LogP contribution in [0.4, 0.5) is 0 Å². The maximum Gasteiger partial charge on any atom is 0.207 e. The van der Waals surface area contributed by atoms with Gasteiger partial charge in [0.1, 0.15) is 0 Å². The molecule has 0 unspecified atom stereocenters. The van der Waals surface area contributed by atoms with Crippen LogP contribution in [0, 0.1) is 16.0 Å². The van der Waals surface area contributed by atoms with Gasteiger partial charge >= 0.3 is 0 Å². The van der Waals surface area contributed by atoms with Crippen LogP contribution in [-0.4, -0.2) is 29.7 Å². The minimum absolute atomic E-state index is 0.0467. The van der Waals surface area contributed by atoms with Gasteiger partial charge in [-0.15, -0.1) is 0 Å². The Labute approximate surface area is 144 Å². The monoisotopic (exact) mass is 350 g/mol. The van der Waals surface area contributed by atoms with Crippen LogP contribution in [0.3, 0.4) is 0 Å². The number of rotatable bonds is 6. The Balaban J connectivity index is 2.07. The number of aromatic nitrogens is 1. The fraction of sp³-hybridized carbons (Fsp3) is 0.471. The minimum Gasteiger partial charge on any atom is -0.490 e. The molecule has 6 nitrogen and oxygen atoms in total. The zero-order chi connectivity index (χ0) is 17.3. The average molecular weight is 351 g/mol. The van der Waals surface area contributed by atoms with Crippen molar-refractivity contribution in [1.29, 1.82) is 0 Å². The number of pyridine rings is 1. The summed E-state index contributed by atoms with van der Waals surface area (Å²) in [6.07, 6.45) is 1.18. The van der Waals surface area contributed by atoms with Crippen LogP contribution in [-0.2, 0) is 12.8 Å². The van der Waals surface area contributed by atoms with Crippen LogP contribution in [0.25, 0.3) is 10.9 Å². The van der Waals surface area contributed by atoms with Crippen molar-refractivity contribution in [3.8, 4) is 11.5 Å². The Morgan fingerprint density at radius 1 is 1.25 bits per heavy atom. The Kier molecular flexibility index (Phi) is 4.76. The summed E-state index contributed by atoms with van der Waals surface area (Å²) >= 11 is 6.58. The van der Waals surface area contributed by atoms with Crippen LogP contribution in [0.15, 0.2) is 12.1 Å². The van der Waals surface area contributed by atoms with Gasteiger partial charge in [-0.25, -0.2) is 0 Å². The topological polar surface area (TPSA) is 74.5 Å². The van der Waals surface area contributed by atoms with Crippen LogP contribution in [0.5, 0.6) is 11.5 Å². The lowest BCUT2D eigenvalue weighted by atomic mass is 10.1. The van der Waals surface area contributed by atoms with Crippen molar-refractivity contribution in [3.05, 3.63) is 38.5 Å². The molecule has 0 spiro atoms. The first-order valence-corrected chi connectivity index (χ1v) is 8.43. The SMILES string of the molecule is CCOc1cc2nc3c(c(Cl)c2cc1OCC)C[C@@H](C[N+](=O)[O-])C3. The van der Waals surface area contributed by atoms with Gasteiger partial charge in [0, 0.05) is 28.0 Å². The molecule has 0 fully saturated rings. The quantitative estimate of drug-likeness (QED) is 0.587. The molecular weight excluding hydrogens is 332 g/mol. The van der Waals surface area contributed by atoms with Crippen molar-refractivity contribution < 1.29 is 14.4 Å². The molecule has 3 rings (SSSR count). The Bertz CT molecular complexity index is 794. The number of benzene rings is 1. The van der Waals surface area contributed by atoms with E-state index in [0.29, 0.717) is 42.6 Å². The molecule has 0 bridgehead atoms. The highest BCUT2D eigenvalue weighted by molar-refractivity contribution is 6.36. The van der Waals surface area contributed by atoms with E-state index in [2.05, 4.69) is 4.98 Å². The zero-order valence-electron chi connectivity index (χ0n) is 13.7. The molecule has 1 aromatic heterocycles. The average Bonchev–Trinajstić information content (AvgIpc) is 2.91. The second-order valence-electron chi connectivity index (χ2n) is 5.82. The fourth-order valence-electron chi connectivity index (χ4n) is 3.21. The van der Waals surface area contributed by atoms with Crippen LogP contribution in [0.2, 0.25) is 5.02 Å². The van der Waals surface area contributed by atoms with Crippen LogP contribution < -0.4 is 9.47 Å². The Morgan fingerprint density at radius 2 is 1.92 bits per heavy atom. The molecule has 0 radical (unpaired) electrons. The maximum absolute atomic E-state index is 10.8. The molecule has 0 amide bonds. The first-order valence-electron chi connectivity index (χ1n) is 8.05. The summed E-state index contributed by atoms with van der Waals surface area (Å²) in [5.74, 6) is 1.22. The number of ether oxygens (including phenoxy) is 2. The standard InChI is InChI=1S/C17H19ClN2O4/c1-3-23-15-7-12-14(8-16(15)24-4-2)19-13-6-10(9-20(21)22)5-11(13)17(12)18/h7-8,10H,3-6,9H2,1-2H3/t10-/m1/s1. The molecule has 7 heteroatoms. The lowest BCUT2D eigenvalue weighted by Crippen LogP contribution is -2.14. The third-order valence-electron chi connectivity index (χ3n) is 4.15. The zero-order valence-corrected chi connectivity index (χ0v) is 14.4. The van der Waals surface area contributed by atoms with E-state index in [1.165, 1.54) is 0 Å². The maximum atomic E-state index is 10.8. The van der Waals surface area contributed by atoms with E-state index >= 15 is 0 Å². The van der Waals surface area contributed by atoms with Gasteiger partial charge in [0.25, 0.3) is 0 Å². The van der Waals surface area contributed by atoms with Crippen molar-refractivity contribution in [1.82, 2.24) is 4.98 Å².